The third-order valence-electron chi connectivity index (χ3n) is 3.48. The van der Waals surface area contributed by atoms with E-state index in [-0.39, 0.29) is 11.7 Å². The summed E-state index contributed by atoms with van der Waals surface area (Å²) in [6, 6.07) is 4.68. The fraction of sp³-hybridized carbons (Fsp3) is 0.533. The van der Waals surface area contributed by atoms with Gasteiger partial charge in [0.05, 0.1) is 11.3 Å². The summed E-state index contributed by atoms with van der Waals surface area (Å²) in [7, 11) is 0. The predicted molar refractivity (Wildman–Crippen MR) is 83.0 cm³/mol. The van der Waals surface area contributed by atoms with Crippen LogP contribution in [0, 0.1) is 5.82 Å². The Morgan fingerprint density at radius 1 is 1.50 bits per heavy atom. The van der Waals surface area contributed by atoms with Crippen molar-refractivity contribution < 1.29 is 9.18 Å². The van der Waals surface area contributed by atoms with Gasteiger partial charge in [-0.3, -0.25) is 4.79 Å². The van der Waals surface area contributed by atoms with Gasteiger partial charge in [0.1, 0.15) is 5.82 Å². The molecule has 0 radical (unpaired) electrons. The van der Waals surface area contributed by atoms with Gasteiger partial charge in [-0.15, -0.1) is 0 Å². The van der Waals surface area contributed by atoms with Crippen molar-refractivity contribution in [3.63, 3.8) is 0 Å². The molecule has 1 amide bonds. The van der Waals surface area contributed by atoms with Crippen molar-refractivity contribution in [2.24, 2.45) is 0 Å². The number of carbonyl (C=O) groups excluding carboxylic acids is 1. The first-order valence-electron chi connectivity index (χ1n) is 7.10. The largest absolute Gasteiger partial charge is 0.382 e. The lowest BCUT2D eigenvalue weighted by atomic mass is 10.1. The van der Waals surface area contributed by atoms with Gasteiger partial charge >= 0.3 is 0 Å². The highest BCUT2D eigenvalue weighted by Gasteiger charge is 2.26. The molecule has 1 saturated heterocycles. The Balaban J connectivity index is 2.22. The lowest BCUT2D eigenvalue weighted by Crippen LogP contribution is -2.42. The number of anilines is 1. The van der Waals surface area contributed by atoms with E-state index in [1.807, 2.05) is 23.6 Å². The first-order valence-corrected chi connectivity index (χ1v) is 8.15. The molecule has 1 fully saturated rings. The first-order chi connectivity index (χ1) is 9.67. The van der Waals surface area contributed by atoms with Crippen LogP contribution in [0.15, 0.2) is 18.2 Å². The highest BCUT2D eigenvalue weighted by atomic mass is 32.2. The zero-order valence-electron chi connectivity index (χ0n) is 12.0. The molecule has 2 rings (SSSR count). The van der Waals surface area contributed by atoms with Crippen LogP contribution in [-0.2, 0) is 0 Å². The van der Waals surface area contributed by atoms with Gasteiger partial charge in [-0.2, -0.15) is 11.8 Å². The lowest BCUT2D eigenvalue weighted by molar-refractivity contribution is 0.0761. The standard InChI is InChI=1S/C15H21FN2OS/c1-3-11-10-18(8-9-20-11)15(19)12-6-5-7-13(16)14(12)17-4-2/h5-7,11,17H,3-4,8-10H2,1-2H3. The van der Waals surface area contributed by atoms with E-state index in [4.69, 9.17) is 0 Å². The minimum Gasteiger partial charge on any atom is -0.382 e. The molecule has 1 aromatic carbocycles. The van der Waals surface area contributed by atoms with Gasteiger partial charge in [0.2, 0.25) is 0 Å². The van der Waals surface area contributed by atoms with Gasteiger partial charge in [0.15, 0.2) is 0 Å². The Labute approximate surface area is 123 Å². The Bertz CT molecular complexity index is 481. The number of amides is 1. The van der Waals surface area contributed by atoms with E-state index in [1.54, 1.807) is 12.1 Å². The van der Waals surface area contributed by atoms with E-state index < -0.39 is 0 Å². The summed E-state index contributed by atoms with van der Waals surface area (Å²) < 4.78 is 13.9. The third-order valence-corrected chi connectivity index (χ3v) is 4.85. The first kappa shape index (κ1) is 15.2. The Morgan fingerprint density at radius 3 is 3.00 bits per heavy atom. The monoisotopic (exact) mass is 296 g/mol. The number of halogens is 1. The summed E-state index contributed by atoms with van der Waals surface area (Å²) >= 11 is 1.91. The summed E-state index contributed by atoms with van der Waals surface area (Å²) in [5.74, 6) is 0.520. The zero-order chi connectivity index (χ0) is 14.5. The summed E-state index contributed by atoms with van der Waals surface area (Å²) in [5.41, 5.74) is 0.764. The molecule has 5 heteroatoms. The molecule has 1 heterocycles. The molecule has 1 aliphatic heterocycles. The predicted octanol–water partition coefficient (Wildman–Crippen LogP) is 3.23. The van der Waals surface area contributed by atoms with Gasteiger partial charge in [-0.1, -0.05) is 13.0 Å². The van der Waals surface area contributed by atoms with E-state index in [2.05, 4.69) is 12.2 Å². The summed E-state index contributed by atoms with van der Waals surface area (Å²) in [5, 5.41) is 3.45. The van der Waals surface area contributed by atoms with Crippen LogP contribution in [0.1, 0.15) is 30.6 Å². The highest BCUT2D eigenvalue weighted by molar-refractivity contribution is 8.00. The van der Waals surface area contributed by atoms with Gasteiger partial charge in [-0.25, -0.2) is 4.39 Å². The van der Waals surface area contributed by atoms with Crippen molar-refractivity contribution in [3.05, 3.63) is 29.6 Å². The third kappa shape index (κ3) is 3.26. The molecule has 1 aromatic rings. The maximum Gasteiger partial charge on any atom is 0.256 e. The van der Waals surface area contributed by atoms with Crippen LogP contribution in [0.25, 0.3) is 0 Å². The second-order valence-electron chi connectivity index (χ2n) is 4.84. The molecule has 1 aliphatic rings. The summed E-state index contributed by atoms with van der Waals surface area (Å²) in [4.78, 5) is 14.5. The Kier molecular flexibility index (Phi) is 5.29. The van der Waals surface area contributed by atoms with E-state index in [0.29, 0.717) is 23.0 Å². The lowest BCUT2D eigenvalue weighted by Gasteiger charge is -2.32. The molecule has 0 bridgehead atoms. The van der Waals surface area contributed by atoms with Crippen molar-refractivity contribution in [3.8, 4) is 0 Å². The maximum absolute atomic E-state index is 13.9. The summed E-state index contributed by atoms with van der Waals surface area (Å²) in [6.45, 7) is 6.11. The van der Waals surface area contributed by atoms with Gasteiger partial charge in [0, 0.05) is 30.6 Å². The van der Waals surface area contributed by atoms with E-state index >= 15 is 0 Å². The number of hydrogen-bond donors (Lipinski definition) is 1. The second kappa shape index (κ2) is 6.97. The van der Waals surface area contributed by atoms with Gasteiger partial charge in [0.25, 0.3) is 5.91 Å². The number of para-hydroxylation sites is 1. The Morgan fingerprint density at radius 2 is 2.30 bits per heavy atom. The molecule has 0 aliphatic carbocycles. The topological polar surface area (TPSA) is 32.3 Å². The minimum absolute atomic E-state index is 0.0702. The molecule has 0 spiro atoms. The van der Waals surface area contributed by atoms with Crippen molar-refractivity contribution in [2.45, 2.75) is 25.5 Å². The molecule has 1 unspecified atom stereocenters. The quantitative estimate of drug-likeness (QED) is 0.926. The van der Waals surface area contributed by atoms with Crippen molar-refractivity contribution in [2.75, 3.05) is 30.7 Å². The fourth-order valence-corrected chi connectivity index (χ4v) is 3.56. The van der Waals surface area contributed by atoms with Crippen molar-refractivity contribution >= 4 is 23.4 Å². The van der Waals surface area contributed by atoms with Crippen LogP contribution < -0.4 is 5.32 Å². The summed E-state index contributed by atoms with van der Waals surface area (Å²) in [6.07, 6.45) is 1.05. The molecule has 20 heavy (non-hydrogen) atoms. The minimum atomic E-state index is -0.365. The molecule has 110 valence electrons. The van der Waals surface area contributed by atoms with Crippen LogP contribution >= 0.6 is 11.8 Å². The number of thioether (sulfide) groups is 1. The van der Waals surface area contributed by atoms with Crippen LogP contribution in [0.2, 0.25) is 0 Å². The Hall–Kier alpha value is -1.23. The maximum atomic E-state index is 13.9. The smallest absolute Gasteiger partial charge is 0.256 e. The van der Waals surface area contributed by atoms with E-state index in [1.165, 1.54) is 6.07 Å². The molecule has 3 nitrogen and oxygen atoms in total. The van der Waals surface area contributed by atoms with Crippen LogP contribution in [0.5, 0.6) is 0 Å². The van der Waals surface area contributed by atoms with Crippen LogP contribution in [0.4, 0.5) is 10.1 Å². The van der Waals surface area contributed by atoms with E-state index in [9.17, 15) is 9.18 Å². The van der Waals surface area contributed by atoms with Gasteiger partial charge in [-0.05, 0) is 25.5 Å². The normalized spacial score (nSPS) is 18.9. The zero-order valence-corrected chi connectivity index (χ0v) is 12.8. The number of hydrogen-bond acceptors (Lipinski definition) is 3. The van der Waals surface area contributed by atoms with Crippen molar-refractivity contribution in [1.82, 2.24) is 4.90 Å². The second-order valence-corrected chi connectivity index (χ2v) is 6.25. The highest BCUT2D eigenvalue weighted by Crippen LogP contribution is 2.26. The molecular weight excluding hydrogens is 275 g/mol. The number of nitrogens with one attached hydrogen (secondary N) is 1. The number of nitrogens with zero attached hydrogens (tertiary/aromatic N) is 1. The van der Waals surface area contributed by atoms with Crippen LogP contribution in [-0.4, -0.2) is 41.4 Å². The average Bonchev–Trinajstić information content (AvgIpc) is 2.49. The molecular formula is C15H21FN2OS. The van der Waals surface area contributed by atoms with Crippen molar-refractivity contribution in [1.29, 1.82) is 0 Å². The van der Waals surface area contributed by atoms with E-state index in [0.717, 1.165) is 25.3 Å². The molecule has 0 aromatic heterocycles. The van der Waals surface area contributed by atoms with Crippen LogP contribution in [0.3, 0.4) is 0 Å². The van der Waals surface area contributed by atoms with Gasteiger partial charge < -0.3 is 10.2 Å². The molecule has 0 saturated carbocycles. The molecule has 1 atom stereocenters. The number of rotatable bonds is 4. The average molecular weight is 296 g/mol. The SMILES string of the molecule is CCNc1c(F)cccc1C(=O)N1CCSC(CC)C1. The fourth-order valence-electron chi connectivity index (χ4n) is 2.38. The molecule has 1 N–H and O–H groups in total. The number of carbonyl (C=O) groups is 1. The number of benzene rings is 1.